The fraction of sp³-hybridized carbons (Fsp3) is 0.333. The average molecular weight is 335 g/mol. The number of carbonyl (C=O) groups is 1. The molecule has 0 atom stereocenters. The van der Waals surface area contributed by atoms with E-state index in [1.54, 1.807) is 4.90 Å². The van der Waals surface area contributed by atoms with E-state index < -0.39 is 0 Å². The van der Waals surface area contributed by atoms with E-state index in [4.69, 9.17) is 5.26 Å². The van der Waals surface area contributed by atoms with Gasteiger partial charge in [-0.2, -0.15) is 5.26 Å². The molecule has 0 aliphatic carbocycles. The highest BCUT2D eigenvalue weighted by atomic mass is 16.2. The van der Waals surface area contributed by atoms with Crippen LogP contribution in [0.1, 0.15) is 37.0 Å². The molecule has 0 radical (unpaired) electrons. The Labute approximate surface area is 150 Å². The number of nitriles is 1. The third kappa shape index (κ3) is 5.09. The highest BCUT2D eigenvalue weighted by Crippen LogP contribution is 2.23. The molecule has 0 aliphatic heterocycles. The fourth-order valence-corrected chi connectivity index (χ4v) is 2.83. The van der Waals surface area contributed by atoms with E-state index in [9.17, 15) is 4.79 Å². The molecule has 130 valence electrons. The lowest BCUT2D eigenvalue weighted by Gasteiger charge is -2.24. The summed E-state index contributed by atoms with van der Waals surface area (Å²) in [7, 11) is 0. The second-order valence-electron chi connectivity index (χ2n) is 5.90. The van der Waals surface area contributed by atoms with E-state index >= 15 is 0 Å². The van der Waals surface area contributed by atoms with Gasteiger partial charge in [-0.15, -0.1) is 0 Å². The lowest BCUT2D eigenvalue weighted by molar-refractivity contribution is 0.210. The first-order chi connectivity index (χ1) is 12.2. The number of nitrogens with one attached hydrogen (secondary N) is 1. The molecule has 0 saturated heterocycles. The number of anilines is 1. The van der Waals surface area contributed by atoms with Crippen LogP contribution in [0.25, 0.3) is 0 Å². The van der Waals surface area contributed by atoms with E-state index in [0.717, 1.165) is 35.2 Å². The maximum Gasteiger partial charge on any atom is 0.322 e. The smallest absolute Gasteiger partial charge is 0.319 e. The molecule has 4 heteroatoms. The number of hydrogen-bond acceptors (Lipinski definition) is 2. The summed E-state index contributed by atoms with van der Waals surface area (Å²) in [4.78, 5) is 14.6. The van der Waals surface area contributed by atoms with Gasteiger partial charge in [0, 0.05) is 18.8 Å². The van der Waals surface area contributed by atoms with Crippen molar-refractivity contribution in [1.82, 2.24) is 4.90 Å². The molecule has 25 heavy (non-hydrogen) atoms. The summed E-state index contributed by atoms with van der Waals surface area (Å²) in [5.74, 6) is 0. The van der Waals surface area contributed by atoms with E-state index in [-0.39, 0.29) is 6.03 Å². The lowest BCUT2D eigenvalue weighted by Crippen LogP contribution is -2.35. The predicted molar refractivity (Wildman–Crippen MR) is 101 cm³/mol. The molecule has 0 fully saturated rings. The fourth-order valence-electron chi connectivity index (χ4n) is 2.83. The number of para-hydroxylation sites is 1. The molecule has 2 aromatic carbocycles. The number of urea groups is 1. The molecule has 2 amide bonds. The van der Waals surface area contributed by atoms with Crippen LogP contribution in [0.2, 0.25) is 0 Å². The summed E-state index contributed by atoms with van der Waals surface area (Å²) in [6.45, 7) is 5.07. The third-order valence-corrected chi connectivity index (χ3v) is 4.23. The lowest BCUT2D eigenvalue weighted by atomic mass is 10.0. The van der Waals surface area contributed by atoms with Crippen molar-refractivity contribution in [2.75, 3.05) is 11.9 Å². The summed E-state index contributed by atoms with van der Waals surface area (Å²) < 4.78 is 0. The van der Waals surface area contributed by atoms with Gasteiger partial charge in [0.1, 0.15) is 0 Å². The molecule has 0 aliphatic rings. The zero-order chi connectivity index (χ0) is 18.1. The molecule has 2 aromatic rings. The summed E-state index contributed by atoms with van der Waals surface area (Å²) in [5.41, 5.74) is 4.22. The van der Waals surface area contributed by atoms with Gasteiger partial charge in [-0.1, -0.05) is 62.4 Å². The monoisotopic (exact) mass is 335 g/mol. The highest BCUT2D eigenvalue weighted by molar-refractivity contribution is 5.91. The largest absolute Gasteiger partial charge is 0.322 e. The van der Waals surface area contributed by atoms with Gasteiger partial charge in [0.2, 0.25) is 0 Å². The third-order valence-electron chi connectivity index (χ3n) is 4.23. The standard InChI is InChI=1S/C21H25N3O/c1-3-18-12-8-13-19(4-2)20(18)23-21(25)24(15-9-14-22)16-17-10-6-5-7-11-17/h5-8,10-13H,3-4,9,15-16H2,1-2H3,(H,23,25). The Kier molecular flexibility index (Phi) is 7.03. The molecule has 1 N–H and O–H groups in total. The predicted octanol–water partition coefficient (Wildman–Crippen LogP) is 4.76. The van der Waals surface area contributed by atoms with Gasteiger partial charge in [0.15, 0.2) is 0 Å². The molecule has 2 rings (SSSR count). The number of benzene rings is 2. The Morgan fingerprint density at radius 2 is 1.68 bits per heavy atom. The van der Waals surface area contributed by atoms with Crippen molar-refractivity contribution in [3.8, 4) is 6.07 Å². The van der Waals surface area contributed by atoms with Gasteiger partial charge in [0.05, 0.1) is 12.5 Å². The molecular formula is C21H25N3O. The molecule has 0 heterocycles. The molecule has 0 spiro atoms. The number of aryl methyl sites for hydroxylation is 2. The molecular weight excluding hydrogens is 310 g/mol. The maximum absolute atomic E-state index is 12.9. The first-order valence-corrected chi connectivity index (χ1v) is 8.77. The van der Waals surface area contributed by atoms with E-state index in [2.05, 4.69) is 25.2 Å². The van der Waals surface area contributed by atoms with Gasteiger partial charge < -0.3 is 10.2 Å². The van der Waals surface area contributed by atoms with Crippen LogP contribution >= 0.6 is 0 Å². The van der Waals surface area contributed by atoms with Gasteiger partial charge in [-0.25, -0.2) is 4.79 Å². The first-order valence-electron chi connectivity index (χ1n) is 8.77. The highest BCUT2D eigenvalue weighted by Gasteiger charge is 2.16. The SMILES string of the molecule is CCc1cccc(CC)c1NC(=O)N(CCC#N)Cc1ccccc1. The quantitative estimate of drug-likeness (QED) is 0.793. The molecule has 0 saturated carbocycles. The normalized spacial score (nSPS) is 10.1. The van der Waals surface area contributed by atoms with Gasteiger partial charge in [0.25, 0.3) is 0 Å². The van der Waals surface area contributed by atoms with Gasteiger partial charge in [-0.05, 0) is 29.5 Å². The Balaban J connectivity index is 2.21. The summed E-state index contributed by atoms with van der Waals surface area (Å²) in [6, 6.07) is 17.9. The van der Waals surface area contributed by atoms with Crippen molar-refractivity contribution in [3.05, 3.63) is 65.2 Å². The second-order valence-corrected chi connectivity index (χ2v) is 5.90. The number of nitrogens with zero attached hydrogens (tertiary/aromatic N) is 2. The minimum absolute atomic E-state index is 0.158. The Hall–Kier alpha value is -2.80. The van der Waals surface area contributed by atoms with Crippen LogP contribution < -0.4 is 5.32 Å². The summed E-state index contributed by atoms with van der Waals surface area (Å²) in [6.07, 6.45) is 2.04. The van der Waals surface area contributed by atoms with Crippen LogP contribution in [0.3, 0.4) is 0 Å². The molecule has 0 unspecified atom stereocenters. The number of hydrogen-bond donors (Lipinski definition) is 1. The van der Waals surface area contributed by atoms with Gasteiger partial charge >= 0.3 is 6.03 Å². The Morgan fingerprint density at radius 3 is 2.24 bits per heavy atom. The van der Waals surface area contributed by atoms with Crippen LogP contribution in [0, 0.1) is 11.3 Å². The van der Waals surface area contributed by atoms with Crippen molar-refractivity contribution in [2.45, 2.75) is 39.7 Å². The number of carbonyl (C=O) groups excluding carboxylic acids is 1. The molecule has 0 aromatic heterocycles. The van der Waals surface area contributed by atoms with Crippen LogP contribution in [-0.2, 0) is 19.4 Å². The van der Waals surface area contributed by atoms with Crippen molar-refractivity contribution in [3.63, 3.8) is 0 Å². The van der Waals surface area contributed by atoms with Crippen molar-refractivity contribution < 1.29 is 4.79 Å². The van der Waals surface area contributed by atoms with Gasteiger partial charge in [-0.3, -0.25) is 0 Å². The van der Waals surface area contributed by atoms with Crippen LogP contribution in [0.15, 0.2) is 48.5 Å². The maximum atomic E-state index is 12.9. The first kappa shape index (κ1) is 18.5. The van der Waals surface area contributed by atoms with Crippen LogP contribution in [0.4, 0.5) is 10.5 Å². The summed E-state index contributed by atoms with van der Waals surface area (Å²) >= 11 is 0. The Bertz CT molecular complexity index is 712. The number of amides is 2. The minimum atomic E-state index is -0.158. The minimum Gasteiger partial charge on any atom is -0.319 e. The zero-order valence-electron chi connectivity index (χ0n) is 15.0. The van der Waals surface area contributed by atoms with Crippen molar-refractivity contribution in [2.24, 2.45) is 0 Å². The summed E-state index contributed by atoms with van der Waals surface area (Å²) in [5, 5.41) is 12.0. The van der Waals surface area contributed by atoms with Crippen LogP contribution in [0.5, 0.6) is 0 Å². The van der Waals surface area contributed by atoms with Crippen molar-refractivity contribution in [1.29, 1.82) is 5.26 Å². The van der Waals surface area contributed by atoms with E-state index in [0.29, 0.717) is 19.5 Å². The number of rotatable bonds is 7. The Morgan fingerprint density at radius 1 is 1.04 bits per heavy atom. The topological polar surface area (TPSA) is 56.1 Å². The average Bonchev–Trinajstić information content (AvgIpc) is 2.65. The molecule has 0 bridgehead atoms. The molecule has 4 nitrogen and oxygen atoms in total. The van der Waals surface area contributed by atoms with Crippen molar-refractivity contribution >= 4 is 11.7 Å². The second kappa shape index (κ2) is 9.48. The zero-order valence-corrected chi connectivity index (χ0v) is 15.0. The van der Waals surface area contributed by atoms with Crippen LogP contribution in [-0.4, -0.2) is 17.5 Å². The van der Waals surface area contributed by atoms with E-state index in [1.165, 1.54) is 0 Å². The van der Waals surface area contributed by atoms with E-state index in [1.807, 2.05) is 48.5 Å².